The van der Waals surface area contributed by atoms with E-state index in [1.54, 1.807) is 29.3 Å². The normalized spacial score (nSPS) is 18.8. The van der Waals surface area contributed by atoms with Gasteiger partial charge in [0, 0.05) is 53.9 Å². The number of rotatable bonds is 4. The molecule has 0 saturated carbocycles. The lowest BCUT2D eigenvalue weighted by Crippen LogP contribution is -2.50. The molecule has 1 fully saturated rings. The molecule has 1 aromatic heterocycles. The van der Waals surface area contributed by atoms with Gasteiger partial charge in [0.15, 0.2) is 0 Å². The van der Waals surface area contributed by atoms with Crippen LogP contribution in [0.15, 0.2) is 24.4 Å². The van der Waals surface area contributed by atoms with E-state index in [0.29, 0.717) is 23.7 Å². The fourth-order valence-corrected chi connectivity index (χ4v) is 4.13. The number of fused-ring (bicyclic) bond motifs is 1. The summed E-state index contributed by atoms with van der Waals surface area (Å²) >= 11 is 5.97. The number of piperazine rings is 1. The summed E-state index contributed by atoms with van der Waals surface area (Å²) in [5.41, 5.74) is 1.43. The predicted octanol–water partition coefficient (Wildman–Crippen LogP) is 1.52. The van der Waals surface area contributed by atoms with Crippen molar-refractivity contribution in [3.63, 3.8) is 0 Å². The van der Waals surface area contributed by atoms with Crippen molar-refractivity contribution < 1.29 is 18.3 Å². The van der Waals surface area contributed by atoms with Gasteiger partial charge in [0.2, 0.25) is 10.0 Å². The van der Waals surface area contributed by atoms with E-state index in [4.69, 9.17) is 11.6 Å². The van der Waals surface area contributed by atoms with Gasteiger partial charge in [-0.25, -0.2) is 8.42 Å². The molecule has 0 radical (unpaired) electrons. The number of hydrogen-bond acceptors (Lipinski definition) is 4. The summed E-state index contributed by atoms with van der Waals surface area (Å²) in [5, 5.41) is 11.1. The van der Waals surface area contributed by atoms with Gasteiger partial charge < -0.3 is 10.1 Å². The second kappa shape index (κ2) is 6.36. The smallest absolute Gasteiger partial charge is 0.325 e. The molecule has 2 heterocycles. The van der Waals surface area contributed by atoms with Gasteiger partial charge >= 0.3 is 5.97 Å². The Hall–Kier alpha value is -1.61. The Morgan fingerprint density at radius 2 is 1.96 bits per heavy atom. The Labute approximate surface area is 144 Å². The molecule has 0 bridgehead atoms. The van der Waals surface area contributed by atoms with Crippen LogP contribution in [0.3, 0.4) is 0 Å². The van der Waals surface area contributed by atoms with Crippen molar-refractivity contribution in [2.75, 3.05) is 32.4 Å². The SMILES string of the molecule is CS(=O)(=O)N1CCN([C@@H](C(=O)O)c2c[nH]c3cc(Cl)ccc23)CC1. The van der Waals surface area contributed by atoms with Crippen LogP contribution in [0, 0.1) is 0 Å². The first-order valence-corrected chi connectivity index (χ1v) is 9.68. The fourth-order valence-electron chi connectivity index (χ4n) is 3.13. The van der Waals surface area contributed by atoms with E-state index in [1.807, 2.05) is 0 Å². The average Bonchev–Trinajstić information content (AvgIpc) is 2.89. The van der Waals surface area contributed by atoms with E-state index in [1.165, 1.54) is 10.6 Å². The van der Waals surface area contributed by atoms with Gasteiger partial charge in [-0.3, -0.25) is 9.69 Å². The van der Waals surface area contributed by atoms with Crippen LogP contribution in [-0.4, -0.2) is 66.1 Å². The van der Waals surface area contributed by atoms with Crippen molar-refractivity contribution >= 4 is 38.5 Å². The van der Waals surface area contributed by atoms with Crippen molar-refractivity contribution in [3.05, 3.63) is 35.0 Å². The maximum atomic E-state index is 11.9. The third-order valence-electron chi connectivity index (χ3n) is 4.31. The Morgan fingerprint density at radius 3 is 2.54 bits per heavy atom. The molecule has 0 spiro atoms. The largest absolute Gasteiger partial charge is 0.480 e. The highest BCUT2D eigenvalue weighted by Crippen LogP contribution is 2.31. The number of aliphatic carboxylic acids is 1. The van der Waals surface area contributed by atoms with Crippen LogP contribution in [0.2, 0.25) is 5.02 Å². The molecule has 24 heavy (non-hydrogen) atoms. The Bertz CT molecular complexity index is 872. The lowest BCUT2D eigenvalue weighted by atomic mass is 10.0. The zero-order valence-electron chi connectivity index (χ0n) is 13.1. The monoisotopic (exact) mass is 371 g/mol. The van der Waals surface area contributed by atoms with Crippen LogP contribution >= 0.6 is 11.6 Å². The molecule has 1 aromatic carbocycles. The van der Waals surface area contributed by atoms with Gasteiger partial charge in [-0.2, -0.15) is 4.31 Å². The Balaban J connectivity index is 1.89. The quantitative estimate of drug-likeness (QED) is 0.850. The number of nitrogens with zero attached hydrogens (tertiary/aromatic N) is 2. The van der Waals surface area contributed by atoms with Gasteiger partial charge in [-0.1, -0.05) is 17.7 Å². The summed E-state index contributed by atoms with van der Waals surface area (Å²) in [6.45, 7) is 1.31. The second-order valence-corrected chi connectivity index (χ2v) is 8.29. The van der Waals surface area contributed by atoms with E-state index in [-0.39, 0.29) is 13.1 Å². The first kappa shape index (κ1) is 17.2. The minimum Gasteiger partial charge on any atom is -0.480 e. The number of aromatic amines is 1. The van der Waals surface area contributed by atoms with Crippen molar-refractivity contribution in [3.8, 4) is 0 Å². The highest BCUT2D eigenvalue weighted by molar-refractivity contribution is 7.88. The molecule has 0 unspecified atom stereocenters. The topological polar surface area (TPSA) is 93.7 Å². The number of carboxylic acids is 1. The minimum absolute atomic E-state index is 0.288. The van der Waals surface area contributed by atoms with E-state index in [0.717, 1.165) is 10.9 Å². The summed E-state index contributed by atoms with van der Waals surface area (Å²) in [5.74, 6) is -0.960. The average molecular weight is 372 g/mol. The van der Waals surface area contributed by atoms with Crippen LogP contribution in [-0.2, 0) is 14.8 Å². The van der Waals surface area contributed by atoms with Crippen molar-refractivity contribution in [2.45, 2.75) is 6.04 Å². The highest BCUT2D eigenvalue weighted by atomic mass is 35.5. The molecule has 2 aromatic rings. The maximum absolute atomic E-state index is 11.9. The van der Waals surface area contributed by atoms with Crippen LogP contribution in [0.4, 0.5) is 0 Å². The Morgan fingerprint density at radius 1 is 1.29 bits per heavy atom. The van der Waals surface area contributed by atoms with Gasteiger partial charge in [0.25, 0.3) is 0 Å². The first-order chi connectivity index (χ1) is 11.3. The van der Waals surface area contributed by atoms with E-state index in [2.05, 4.69) is 4.98 Å². The molecule has 1 aliphatic heterocycles. The number of carboxylic acid groups (broad SMARTS) is 1. The number of hydrogen-bond donors (Lipinski definition) is 2. The number of H-pyrrole nitrogens is 1. The first-order valence-electron chi connectivity index (χ1n) is 7.46. The summed E-state index contributed by atoms with van der Waals surface area (Å²) in [6, 6.07) is 4.44. The number of carbonyl (C=O) groups is 1. The van der Waals surface area contributed by atoms with Gasteiger partial charge in [-0.15, -0.1) is 0 Å². The molecule has 1 atom stereocenters. The molecule has 0 aliphatic carbocycles. The van der Waals surface area contributed by atoms with Crippen LogP contribution in [0.5, 0.6) is 0 Å². The zero-order chi connectivity index (χ0) is 17.5. The van der Waals surface area contributed by atoms with Crippen molar-refractivity contribution in [2.24, 2.45) is 0 Å². The zero-order valence-corrected chi connectivity index (χ0v) is 14.6. The van der Waals surface area contributed by atoms with Crippen LogP contribution < -0.4 is 0 Å². The van der Waals surface area contributed by atoms with E-state index < -0.39 is 22.0 Å². The number of benzene rings is 1. The summed E-state index contributed by atoms with van der Waals surface area (Å²) < 4.78 is 24.6. The van der Waals surface area contributed by atoms with Crippen molar-refractivity contribution in [1.82, 2.24) is 14.2 Å². The molecular formula is C15H18ClN3O4S. The lowest BCUT2D eigenvalue weighted by Gasteiger charge is -2.36. The Kier molecular flexibility index (Phi) is 4.56. The standard InChI is InChI=1S/C15H18ClN3O4S/c1-24(22,23)19-6-4-18(5-7-19)14(15(20)21)12-9-17-13-8-10(16)2-3-11(12)13/h2-3,8-9,14,17H,4-7H2,1H3,(H,20,21)/t14-/m1/s1. The number of sulfonamides is 1. The van der Waals surface area contributed by atoms with E-state index >= 15 is 0 Å². The highest BCUT2D eigenvalue weighted by Gasteiger charge is 2.33. The molecule has 1 aliphatic rings. The molecule has 7 nitrogen and oxygen atoms in total. The van der Waals surface area contributed by atoms with Gasteiger partial charge in [-0.05, 0) is 12.1 Å². The summed E-state index contributed by atoms with van der Waals surface area (Å²) in [7, 11) is -3.25. The molecule has 9 heteroatoms. The molecule has 3 rings (SSSR count). The maximum Gasteiger partial charge on any atom is 0.325 e. The molecule has 0 amide bonds. The van der Waals surface area contributed by atoms with Crippen LogP contribution in [0.25, 0.3) is 10.9 Å². The fraction of sp³-hybridized carbons (Fsp3) is 0.400. The molecule has 2 N–H and O–H groups in total. The summed E-state index contributed by atoms with van der Waals surface area (Å²) in [6.07, 6.45) is 2.85. The van der Waals surface area contributed by atoms with Crippen molar-refractivity contribution in [1.29, 1.82) is 0 Å². The molecule has 1 saturated heterocycles. The van der Waals surface area contributed by atoms with E-state index in [9.17, 15) is 18.3 Å². The molecular weight excluding hydrogens is 354 g/mol. The lowest BCUT2D eigenvalue weighted by molar-refractivity contribution is -0.144. The number of halogens is 1. The number of aromatic nitrogens is 1. The predicted molar refractivity (Wildman–Crippen MR) is 91.7 cm³/mol. The van der Waals surface area contributed by atoms with Gasteiger partial charge in [0.05, 0.1) is 6.26 Å². The minimum atomic E-state index is -3.25. The third kappa shape index (κ3) is 3.27. The number of nitrogens with one attached hydrogen (secondary N) is 1. The second-order valence-electron chi connectivity index (χ2n) is 5.87. The van der Waals surface area contributed by atoms with Crippen LogP contribution in [0.1, 0.15) is 11.6 Å². The van der Waals surface area contributed by atoms with Gasteiger partial charge in [0.1, 0.15) is 6.04 Å². The summed E-state index contributed by atoms with van der Waals surface area (Å²) in [4.78, 5) is 16.7. The molecule has 130 valence electrons. The third-order valence-corrected chi connectivity index (χ3v) is 5.85.